The first-order valence-electron chi connectivity index (χ1n) is 11.6. The third kappa shape index (κ3) is 5.08. The molecule has 188 valence electrons. The van der Waals surface area contributed by atoms with E-state index in [-0.39, 0.29) is 16.1 Å². The number of imidazole rings is 1. The van der Waals surface area contributed by atoms with Gasteiger partial charge in [0.1, 0.15) is 11.3 Å². The van der Waals surface area contributed by atoms with Crippen molar-refractivity contribution in [3.05, 3.63) is 85.8 Å². The fourth-order valence-electron chi connectivity index (χ4n) is 4.38. The molecule has 1 saturated heterocycles. The number of piperazine rings is 1. The van der Waals surface area contributed by atoms with Crippen LogP contribution in [0.15, 0.2) is 63.0 Å². The highest BCUT2D eigenvalue weighted by molar-refractivity contribution is 7.89. The Labute approximate surface area is 212 Å². The van der Waals surface area contributed by atoms with Crippen LogP contribution in [0, 0.1) is 0 Å². The molecular weight excluding hydrogens is 504 g/mol. The summed E-state index contributed by atoms with van der Waals surface area (Å²) in [7, 11) is -3.57. The number of hydrogen-bond donors (Lipinski definition) is 3. The van der Waals surface area contributed by atoms with E-state index in [1.54, 1.807) is 12.1 Å². The number of sulfonamides is 1. The van der Waals surface area contributed by atoms with Crippen LogP contribution in [0.25, 0.3) is 11.2 Å². The third-order valence-electron chi connectivity index (χ3n) is 6.31. The molecule has 0 unspecified atom stereocenters. The molecule has 36 heavy (non-hydrogen) atoms. The summed E-state index contributed by atoms with van der Waals surface area (Å²) < 4.78 is 27.8. The van der Waals surface area contributed by atoms with E-state index in [1.807, 2.05) is 36.4 Å². The van der Waals surface area contributed by atoms with Gasteiger partial charge in [-0.25, -0.2) is 18.2 Å². The van der Waals surface area contributed by atoms with Crippen LogP contribution in [0.2, 0.25) is 5.02 Å². The van der Waals surface area contributed by atoms with Gasteiger partial charge in [0.15, 0.2) is 5.65 Å². The number of benzene rings is 2. The average molecular weight is 529 g/mol. The molecular formula is C24H25ClN6O4S. The topological polar surface area (TPSA) is 135 Å². The van der Waals surface area contributed by atoms with Crippen molar-refractivity contribution in [2.75, 3.05) is 31.1 Å². The molecule has 4 aromatic rings. The quantitative estimate of drug-likeness (QED) is 0.337. The lowest BCUT2D eigenvalue weighted by Gasteiger charge is -2.35. The van der Waals surface area contributed by atoms with E-state index >= 15 is 0 Å². The van der Waals surface area contributed by atoms with Gasteiger partial charge in [0.05, 0.1) is 4.90 Å². The number of H-pyrrole nitrogens is 3. The Morgan fingerprint density at radius 1 is 0.861 bits per heavy atom. The van der Waals surface area contributed by atoms with Crippen molar-refractivity contribution < 1.29 is 8.42 Å². The maximum atomic E-state index is 13.1. The molecule has 0 aliphatic carbocycles. The Balaban J connectivity index is 1.17. The Bertz CT molecular complexity index is 1580. The first-order chi connectivity index (χ1) is 17.3. The van der Waals surface area contributed by atoms with Crippen molar-refractivity contribution in [2.24, 2.45) is 0 Å². The van der Waals surface area contributed by atoms with Crippen LogP contribution in [0.5, 0.6) is 0 Å². The number of nitrogens with zero attached hydrogens (tertiary/aromatic N) is 3. The lowest BCUT2D eigenvalue weighted by atomic mass is 10.1. The summed E-state index contributed by atoms with van der Waals surface area (Å²) >= 11 is 5.96. The Kier molecular flexibility index (Phi) is 6.69. The molecule has 0 bridgehead atoms. The second kappa shape index (κ2) is 9.92. The minimum absolute atomic E-state index is 0.238. The van der Waals surface area contributed by atoms with E-state index < -0.39 is 21.3 Å². The van der Waals surface area contributed by atoms with Gasteiger partial charge in [-0.3, -0.25) is 14.8 Å². The minimum Gasteiger partial charge on any atom is -0.369 e. The fourth-order valence-corrected chi connectivity index (χ4v) is 5.92. The largest absolute Gasteiger partial charge is 0.369 e. The van der Waals surface area contributed by atoms with Gasteiger partial charge in [0.2, 0.25) is 10.0 Å². The highest BCUT2D eigenvalue weighted by atomic mass is 35.5. The van der Waals surface area contributed by atoms with E-state index in [2.05, 4.69) is 24.8 Å². The smallest absolute Gasteiger partial charge is 0.327 e. The molecule has 12 heteroatoms. The van der Waals surface area contributed by atoms with E-state index in [1.165, 1.54) is 4.31 Å². The number of aromatic amines is 3. The van der Waals surface area contributed by atoms with Gasteiger partial charge in [0, 0.05) is 43.3 Å². The van der Waals surface area contributed by atoms with Crippen LogP contribution < -0.4 is 16.1 Å². The summed E-state index contributed by atoms with van der Waals surface area (Å²) in [4.78, 5) is 37.5. The molecule has 1 aliphatic rings. The van der Waals surface area contributed by atoms with Gasteiger partial charge in [-0.05, 0) is 54.8 Å². The van der Waals surface area contributed by atoms with Crippen LogP contribution >= 0.6 is 11.6 Å². The molecule has 1 fully saturated rings. The molecule has 5 rings (SSSR count). The maximum absolute atomic E-state index is 13.1. The van der Waals surface area contributed by atoms with Gasteiger partial charge in [-0.2, -0.15) is 4.31 Å². The van der Waals surface area contributed by atoms with Gasteiger partial charge in [0.25, 0.3) is 5.56 Å². The zero-order valence-corrected chi connectivity index (χ0v) is 20.9. The highest BCUT2D eigenvalue weighted by Crippen LogP contribution is 2.23. The summed E-state index contributed by atoms with van der Waals surface area (Å²) in [5.74, 6) is 0.606. The van der Waals surface area contributed by atoms with E-state index in [0.29, 0.717) is 49.9 Å². The lowest BCUT2D eigenvalue weighted by molar-refractivity contribution is 0.385. The molecule has 0 radical (unpaired) electrons. The number of halogens is 1. The fraction of sp³-hybridized carbons (Fsp3) is 0.292. The molecule has 0 spiro atoms. The molecule has 10 nitrogen and oxygen atoms in total. The first kappa shape index (κ1) is 24.3. The van der Waals surface area contributed by atoms with Crippen LogP contribution in [0.4, 0.5) is 5.69 Å². The van der Waals surface area contributed by atoms with E-state index in [9.17, 15) is 18.0 Å². The number of aromatic nitrogens is 4. The summed E-state index contributed by atoms with van der Waals surface area (Å²) in [6.07, 6.45) is 2.03. The minimum atomic E-state index is -3.57. The van der Waals surface area contributed by atoms with Gasteiger partial charge in [-0.1, -0.05) is 23.7 Å². The molecule has 2 aromatic carbocycles. The summed E-state index contributed by atoms with van der Waals surface area (Å²) in [6.45, 7) is 2.05. The second-order valence-corrected chi connectivity index (χ2v) is 11.1. The third-order valence-corrected chi connectivity index (χ3v) is 8.47. The van der Waals surface area contributed by atoms with E-state index in [0.717, 1.165) is 17.7 Å². The average Bonchev–Trinajstić information content (AvgIpc) is 3.28. The SMILES string of the molecule is O=c1[nH]c(=O)c2[nH]c(CCCc3ccc(S(=O)(=O)N4CCN(c5ccc(Cl)cc5)CC4)cc3)nc2[nH]1. The molecule has 0 saturated carbocycles. The molecule has 0 atom stereocenters. The molecule has 1 aliphatic heterocycles. The normalized spacial score (nSPS) is 15.0. The number of rotatable bonds is 7. The van der Waals surface area contributed by atoms with Crippen LogP contribution in [-0.2, 0) is 22.9 Å². The maximum Gasteiger partial charge on any atom is 0.327 e. The molecule has 2 aromatic heterocycles. The zero-order chi connectivity index (χ0) is 25.3. The molecule has 0 amide bonds. The standard InChI is InChI=1S/C24H25ClN6O4S/c25-17-6-8-18(9-7-17)30-12-14-31(15-13-30)36(34,35)19-10-4-16(5-11-19)2-1-3-20-26-21-22(27-20)28-24(33)29-23(21)32/h4-11H,1-3,12-15H2,(H3,26,27,28,29,32,33). The van der Waals surface area contributed by atoms with Crippen LogP contribution in [0.1, 0.15) is 17.8 Å². The molecule has 3 heterocycles. The van der Waals surface area contributed by atoms with Crippen molar-refractivity contribution in [2.45, 2.75) is 24.2 Å². The number of anilines is 1. The van der Waals surface area contributed by atoms with Crippen molar-refractivity contribution in [1.29, 1.82) is 0 Å². The van der Waals surface area contributed by atoms with Gasteiger partial charge in [-0.15, -0.1) is 0 Å². The summed E-state index contributed by atoms with van der Waals surface area (Å²) in [5.41, 5.74) is 1.42. The number of aryl methyl sites for hydroxylation is 2. The highest BCUT2D eigenvalue weighted by Gasteiger charge is 2.28. The predicted octanol–water partition coefficient (Wildman–Crippen LogP) is 2.28. The predicted molar refractivity (Wildman–Crippen MR) is 138 cm³/mol. The Morgan fingerprint density at radius 2 is 1.56 bits per heavy atom. The van der Waals surface area contributed by atoms with Crippen molar-refractivity contribution >= 4 is 38.5 Å². The lowest BCUT2D eigenvalue weighted by Crippen LogP contribution is -2.48. The monoisotopic (exact) mass is 528 g/mol. The summed E-state index contributed by atoms with van der Waals surface area (Å²) in [6, 6.07) is 14.5. The Hall–Kier alpha value is -3.41. The summed E-state index contributed by atoms with van der Waals surface area (Å²) in [5, 5.41) is 0.673. The van der Waals surface area contributed by atoms with Gasteiger partial charge < -0.3 is 9.88 Å². The van der Waals surface area contributed by atoms with Crippen molar-refractivity contribution in [3.63, 3.8) is 0 Å². The second-order valence-electron chi connectivity index (χ2n) is 8.68. The van der Waals surface area contributed by atoms with Crippen molar-refractivity contribution in [1.82, 2.24) is 24.2 Å². The van der Waals surface area contributed by atoms with Crippen LogP contribution in [0.3, 0.4) is 0 Å². The Morgan fingerprint density at radius 3 is 2.25 bits per heavy atom. The van der Waals surface area contributed by atoms with Gasteiger partial charge >= 0.3 is 5.69 Å². The zero-order valence-electron chi connectivity index (χ0n) is 19.3. The number of fused-ring (bicyclic) bond motifs is 1. The van der Waals surface area contributed by atoms with Crippen LogP contribution in [-0.4, -0.2) is 58.8 Å². The van der Waals surface area contributed by atoms with Crippen molar-refractivity contribution in [3.8, 4) is 0 Å². The number of nitrogens with one attached hydrogen (secondary N) is 3. The molecule has 3 N–H and O–H groups in total. The number of hydrogen-bond acceptors (Lipinski definition) is 6. The van der Waals surface area contributed by atoms with E-state index in [4.69, 9.17) is 11.6 Å². The first-order valence-corrected chi connectivity index (χ1v) is 13.4.